The lowest BCUT2D eigenvalue weighted by molar-refractivity contribution is -0.144. The maximum atomic E-state index is 11.6. The zero-order valence-electron chi connectivity index (χ0n) is 10.2. The number of esters is 1. The lowest BCUT2D eigenvalue weighted by Gasteiger charge is -2.03. The number of aromatic nitrogens is 7. The summed E-state index contributed by atoms with van der Waals surface area (Å²) in [6.45, 7) is 1.82. The Morgan fingerprint density at radius 2 is 2.30 bits per heavy atom. The van der Waals surface area contributed by atoms with Crippen molar-refractivity contribution in [2.24, 2.45) is 20.5 Å². The molecule has 0 amide bonds. The van der Waals surface area contributed by atoms with E-state index in [1.807, 2.05) is 0 Å². The summed E-state index contributed by atoms with van der Waals surface area (Å²) in [6, 6.07) is 0. The van der Waals surface area contributed by atoms with Crippen LogP contribution in [0.3, 0.4) is 0 Å². The molecule has 2 N–H and O–H groups in total. The number of carbonyl (C=O) groups is 1. The Bertz CT molecular complexity index is 530. The highest BCUT2D eigenvalue weighted by molar-refractivity contribution is 5.75. The zero-order chi connectivity index (χ0) is 14.2. The van der Waals surface area contributed by atoms with Gasteiger partial charge in [-0.3, -0.25) is 0 Å². The summed E-state index contributed by atoms with van der Waals surface area (Å²) >= 11 is 0. The third-order valence-corrected chi connectivity index (χ3v) is 1.75. The van der Waals surface area contributed by atoms with Gasteiger partial charge in [0.05, 0.1) is 6.61 Å². The van der Waals surface area contributed by atoms with Crippen LogP contribution in [0.25, 0.3) is 0 Å². The molecule has 2 heterocycles. The first-order valence-electron chi connectivity index (χ1n) is 5.36. The molecule has 1 atom stereocenters. The molecule has 0 fully saturated rings. The number of carbonyl (C=O) groups excluding carboxylic acids is 1. The number of aromatic amines is 2. The lowest BCUT2D eigenvalue weighted by Crippen LogP contribution is -2.18. The average Bonchev–Trinajstić information content (AvgIpc) is 3.12. The minimum Gasteiger partial charge on any atom is -0.463 e. The van der Waals surface area contributed by atoms with E-state index in [0.717, 1.165) is 0 Å². The quantitative estimate of drug-likeness (QED) is 0.556. The normalized spacial score (nSPS) is 13.1. The van der Waals surface area contributed by atoms with E-state index in [9.17, 15) is 4.79 Å². The van der Waals surface area contributed by atoms with E-state index >= 15 is 0 Å². The fraction of sp³-hybridized carbons (Fsp3) is 0.429. The summed E-state index contributed by atoms with van der Waals surface area (Å²) in [5.74, 6) is -0.647. The number of hydrogen-bond donors (Lipinski definition) is 2. The van der Waals surface area contributed by atoms with Crippen LogP contribution in [0.5, 0.6) is 0 Å². The molecule has 0 aliphatic heterocycles. The van der Waals surface area contributed by atoms with Gasteiger partial charge in [-0.2, -0.15) is 15.3 Å². The smallest absolute Gasteiger partial charge is 0.357 e. The second kappa shape index (κ2) is 6.72. The van der Waals surface area contributed by atoms with Gasteiger partial charge in [0.1, 0.15) is 6.33 Å². The molecule has 13 heteroatoms. The molecule has 0 saturated carbocycles. The highest BCUT2D eigenvalue weighted by Gasteiger charge is 2.19. The molecule has 1 unspecified atom stereocenters. The van der Waals surface area contributed by atoms with Crippen molar-refractivity contribution in [3.63, 3.8) is 0 Å². The first-order chi connectivity index (χ1) is 9.79. The minimum atomic E-state index is -1.29. The molecule has 0 saturated heterocycles. The Kier molecular flexibility index (Phi) is 4.47. The van der Waals surface area contributed by atoms with Crippen molar-refractivity contribution in [1.29, 1.82) is 0 Å². The van der Waals surface area contributed by atoms with Gasteiger partial charge >= 0.3 is 11.9 Å². The third kappa shape index (κ3) is 3.69. The average molecular weight is 279 g/mol. The van der Waals surface area contributed by atoms with E-state index in [1.165, 1.54) is 6.33 Å². The van der Waals surface area contributed by atoms with Crippen molar-refractivity contribution in [3.8, 4) is 0 Å². The Balaban J connectivity index is 2.10. The second-order valence-electron chi connectivity index (χ2n) is 3.08. The molecule has 2 rings (SSSR count). The minimum absolute atomic E-state index is 0.0471. The predicted octanol–water partition coefficient (Wildman–Crippen LogP) is 0.0746. The van der Waals surface area contributed by atoms with E-state index in [2.05, 4.69) is 56.3 Å². The maximum absolute atomic E-state index is 11.6. The number of azo groups is 2. The highest BCUT2D eigenvalue weighted by Crippen LogP contribution is 2.08. The van der Waals surface area contributed by atoms with Crippen LogP contribution in [0.4, 0.5) is 11.9 Å². The van der Waals surface area contributed by atoms with Gasteiger partial charge < -0.3 is 4.74 Å². The molecule has 2 aromatic rings. The lowest BCUT2D eigenvalue weighted by atomic mass is 10.5. The number of hydrogen-bond acceptors (Lipinski definition) is 11. The third-order valence-electron chi connectivity index (χ3n) is 1.75. The fourth-order valence-corrected chi connectivity index (χ4v) is 0.996. The summed E-state index contributed by atoms with van der Waals surface area (Å²) < 4.78 is 4.79. The summed E-state index contributed by atoms with van der Waals surface area (Å²) in [5.41, 5.74) is 0. The van der Waals surface area contributed by atoms with Crippen molar-refractivity contribution in [2.75, 3.05) is 6.61 Å². The van der Waals surface area contributed by atoms with Crippen molar-refractivity contribution < 1.29 is 9.53 Å². The van der Waals surface area contributed by atoms with Crippen molar-refractivity contribution in [1.82, 2.24) is 35.8 Å². The van der Waals surface area contributed by atoms with Gasteiger partial charge in [0, 0.05) is 0 Å². The van der Waals surface area contributed by atoms with Crippen LogP contribution in [0, 0.1) is 0 Å². The summed E-state index contributed by atoms with van der Waals surface area (Å²) in [7, 11) is 0. The molecule has 0 aliphatic carbocycles. The molecular weight excluding hydrogens is 270 g/mol. The standard InChI is InChI=1S/C7H9N11O2/c1-2-20-5(19)4(10-13-6-8-3-9-12-6)11-14-7-15-17-18-16-7/h3-4H,2H2,1H3,(H,8,9,12)(H,15,16,17,18)/b13-10+,14-11-. The molecule has 20 heavy (non-hydrogen) atoms. The van der Waals surface area contributed by atoms with Crippen molar-refractivity contribution >= 4 is 17.9 Å². The SMILES string of the molecule is CCOC(=O)C(/N=N\c1nn[nH]n1)/N=N/c1ncn[nH]1. The van der Waals surface area contributed by atoms with Crippen LogP contribution in [0.15, 0.2) is 26.8 Å². The molecule has 0 radical (unpaired) electrons. The molecule has 2 aromatic heterocycles. The monoisotopic (exact) mass is 279 g/mol. The summed E-state index contributed by atoms with van der Waals surface area (Å²) in [4.78, 5) is 15.3. The van der Waals surface area contributed by atoms with Gasteiger partial charge in [-0.05, 0) is 12.1 Å². The van der Waals surface area contributed by atoms with Gasteiger partial charge in [0.25, 0.3) is 12.1 Å². The van der Waals surface area contributed by atoms with Crippen molar-refractivity contribution in [2.45, 2.75) is 13.1 Å². The molecule has 0 spiro atoms. The van der Waals surface area contributed by atoms with Gasteiger partial charge in [0.2, 0.25) is 0 Å². The number of rotatable bonds is 6. The number of H-pyrrole nitrogens is 2. The molecule has 0 aliphatic rings. The highest BCUT2D eigenvalue weighted by atomic mass is 16.5. The van der Waals surface area contributed by atoms with E-state index in [0.29, 0.717) is 0 Å². The number of nitrogens with one attached hydrogen (secondary N) is 2. The predicted molar refractivity (Wildman–Crippen MR) is 60.0 cm³/mol. The Morgan fingerprint density at radius 3 is 2.95 bits per heavy atom. The van der Waals surface area contributed by atoms with E-state index in [1.54, 1.807) is 6.92 Å². The first kappa shape index (κ1) is 13.3. The van der Waals surface area contributed by atoms with Crippen LogP contribution in [-0.4, -0.2) is 54.5 Å². The maximum Gasteiger partial charge on any atom is 0.357 e. The van der Waals surface area contributed by atoms with Crippen molar-refractivity contribution in [3.05, 3.63) is 6.33 Å². The number of tetrazole rings is 1. The van der Waals surface area contributed by atoms with E-state index in [-0.39, 0.29) is 18.5 Å². The second-order valence-corrected chi connectivity index (χ2v) is 3.08. The summed E-state index contributed by atoms with van der Waals surface area (Å²) in [6.07, 6.45) is -0.0484. The zero-order valence-corrected chi connectivity index (χ0v) is 10.2. The topological polar surface area (TPSA) is 172 Å². The van der Waals surface area contributed by atoms with Crippen LogP contribution in [0.1, 0.15) is 6.92 Å². The fourth-order valence-electron chi connectivity index (χ4n) is 0.996. The largest absolute Gasteiger partial charge is 0.463 e. The number of nitrogens with zero attached hydrogens (tertiary/aromatic N) is 9. The molecular formula is C7H9N11O2. The van der Waals surface area contributed by atoms with Crippen LogP contribution in [-0.2, 0) is 9.53 Å². The van der Waals surface area contributed by atoms with Gasteiger partial charge in [0.15, 0.2) is 0 Å². The van der Waals surface area contributed by atoms with E-state index < -0.39 is 12.1 Å². The van der Waals surface area contributed by atoms with E-state index in [4.69, 9.17) is 4.74 Å². The molecule has 0 bridgehead atoms. The molecule has 0 aromatic carbocycles. The Morgan fingerprint density at radius 1 is 1.45 bits per heavy atom. The van der Waals surface area contributed by atoms with Gasteiger partial charge in [-0.1, -0.05) is 5.10 Å². The van der Waals surface area contributed by atoms with Crippen LogP contribution < -0.4 is 0 Å². The number of ether oxygens (including phenoxy) is 1. The van der Waals surface area contributed by atoms with Gasteiger partial charge in [-0.25, -0.2) is 9.89 Å². The summed E-state index contributed by atoms with van der Waals surface area (Å²) in [5, 5.41) is 33.1. The first-order valence-corrected chi connectivity index (χ1v) is 5.36. The molecule has 104 valence electrons. The van der Waals surface area contributed by atoms with Crippen LogP contribution >= 0.6 is 0 Å². The van der Waals surface area contributed by atoms with Gasteiger partial charge in [-0.15, -0.1) is 25.6 Å². The molecule has 13 nitrogen and oxygen atoms in total. The Hall–Kier alpha value is -3.12. The van der Waals surface area contributed by atoms with Crippen LogP contribution in [0.2, 0.25) is 0 Å². The Labute approximate surface area is 111 Å².